The van der Waals surface area contributed by atoms with Gasteiger partial charge in [-0.2, -0.15) is 0 Å². The Morgan fingerprint density at radius 3 is 2.78 bits per heavy atom. The summed E-state index contributed by atoms with van der Waals surface area (Å²) in [4.78, 5) is 14.6. The molecule has 1 aromatic carbocycles. The van der Waals surface area contributed by atoms with Crippen molar-refractivity contribution in [1.29, 1.82) is 0 Å². The highest BCUT2D eigenvalue weighted by Gasteiger charge is 2.07. The highest BCUT2D eigenvalue weighted by molar-refractivity contribution is 6.30. The Bertz CT molecular complexity index is 599. The van der Waals surface area contributed by atoms with Crippen molar-refractivity contribution in [2.45, 2.75) is 6.92 Å². The van der Waals surface area contributed by atoms with Crippen LogP contribution in [0.1, 0.15) is 15.9 Å². The summed E-state index contributed by atoms with van der Waals surface area (Å²) in [5.41, 5.74) is 0.947. The second kappa shape index (κ2) is 5.06. The van der Waals surface area contributed by atoms with Crippen LogP contribution >= 0.6 is 11.6 Å². The zero-order chi connectivity index (χ0) is 13.1. The van der Waals surface area contributed by atoms with Crippen molar-refractivity contribution in [3.63, 3.8) is 0 Å². The number of ether oxygens (including phenoxy) is 1. The first-order valence-electron chi connectivity index (χ1n) is 5.18. The van der Waals surface area contributed by atoms with Gasteiger partial charge in [0.2, 0.25) is 0 Å². The third-order valence-electron chi connectivity index (χ3n) is 2.32. The third kappa shape index (κ3) is 2.78. The van der Waals surface area contributed by atoms with Crippen LogP contribution in [-0.2, 0) is 0 Å². The van der Waals surface area contributed by atoms with Crippen molar-refractivity contribution in [3.05, 3.63) is 52.8 Å². The van der Waals surface area contributed by atoms with Crippen LogP contribution in [0.4, 0.5) is 0 Å². The maximum atomic E-state index is 10.8. The molecule has 0 radical (unpaired) electrons. The van der Waals surface area contributed by atoms with Crippen molar-refractivity contribution in [1.82, 2.24) is 4.98 Å². The number of nitrogens with zero attached hydrogens (tertiary/aromatic N) is 1. The molecule has 5 heteroatoms. The van der Waals surface area contributed by atoms with Gasteiger partial charge in [0.05, 0.1) is 11.8 Å². The molecule has 0 aliphatic rings. The number of aromatic carboxylic acids is 1. The van der Waals surface area contributed by atoms with E-state index in [1.54, 1.807) is 18.2 Å². The summed E-state index contributed by atoms with van der Waals surface area (Å²) in [6.07, 6.45) is 2.73. The van der Waals surface area contributed by atoms with Gasteiger partial charge in [-0.3, -0.25) is 4.98 Å². The molecule has 0 saturated heterocycles. The molecular weight excluding hydrogens is 254 g/mol. The van der Waals surface area contributed by atoms with E-state index in [2.05, 4.69) is 4.98 Å². The Hall–Kier alpha value is -2.07. The average Bonchev–Trinajstić information content (AvgIpc) is 2.33. The van der Waals surface area contributed by atoms with E-state index in [4.69, 9.17) is 21.4 Å². The van der Waals surface area contributed by atoms with Gasteiger partial charge in [0, 0.05) is 11.2 Å². The Kier molecular flexibility index (Phi) is 3.48. The number of carboxylic acid groups (broad SMARTS) is 1. The average molecular weight is 264 g/mol. The summed E-state index contributed by atoms with van der Waals surface area (Å²) in [6, 6.07) is 6.62. The molecular formula is C13H10ClNO3. The lowest BCUT2D eigenvalue weighted by Crippen LogP contribution is -1.97. The molecule has 0 spiro atoms. The molecule has 0 atom stereocenters. The second-order valence-corrected chi connectivity index (χ2v) is 4.16. The zero-order valence-electron chi connectivity index (χ0n) is 9.55. The van der Waals surface area contributed by atoms with Gasteiger partial charge < -0.3 is 9.84 Å². The lowest BCUT2D eigenvalue weighted by molar-refractivity contribution is 0.0696. The van der Waals surface area contributed by atoms with E-state index in [-0.39, 0.29) is 5.56 Å². The number of hydrogen-bond donors (Lipinski definition) is 1. The summed E-state index contributed by atoms with van der Waals surface area (Å²) < 4.78 is 5.57. The number of hydrogen-bond acceptors (Lipinski definition) is 3. The molecule has 0 aliphatic carbocycles. The maximum absolute atomic E-state index is 10.8. The number of pyridine rings is 1. The van der Waals surface area contributed by atoms with Crippen LogP contribution in [-0.4, -0.2) is 16.1 Å². The monoisotopic (exact) mass is 263 g/mol. The Morgan fingerprint density at radius 2 is 2.11 bits per heavy atom. The highest BCUT2D eigenvalue weighted by Crippen LogP contribution is 2.27. The largest absolute Gasteiger partial charge is 0.478 e. The SMILES string of the molecule is Cc1cc(Cl)ccc1Oc1cncc(C(=O)O)c1. The first-order valence-corrected chi connectivity index (χ1v) is 5.56. The number of halogens is 1. The Balaban J connectivity index is 2.28. The van der Waals surface area contributed by atoms with Crippen molar-refractivity contribution >= 4 is 17.6 Å². The van der Waals surface area contributed by atoms with Crippen LogP contribution in [0, 0.1) is 6.92 Å². The molecule has 18 heavy (non-hydrogen) atoms. The van der Waals surface area contributed by atoms with Gasteiger partial charge in [-0.25, -0.2) is 4.79 Å². The van der Waals surface area contributed by atoms with Crippen LogP contribution in [0.25, 0.3) is 0 Å². The predicted molar refractivity (Wildman–Crippen MR) is 67.5 cm³/mol. The molecule has 0 unspecified atom stereocenters. The van der Waals surface area contributed by atoms with Crippen molar-refractivity contribution in [2.24, 2.45) is 0 Å². The smallest absolute Gasteiger partial charge is 0.337 e. The number of rotatable bonds is 3. The minimum atomic E-state index is -1.04. The molecule has 1 aromatic heterocycles. The number of aromatic nitrogens is 1. The van der Waals surface area contributed by atoms with Gasteiger partial charge in [0.1, 0.15) is 11.5 Å². The van der Waals surface area contributed by atoms with Crippen LogP contribution in [0.2, 0.25) is 5.02 Å². The van der Waals surface area contributed by atoms with Crippen molar-refractivity contribution in [3.8, 4) is 11.5 Å². The first-order chi connectivity index (χ1) is 8.56. The van der Waals surface area contributed by atoms with Crippen LogP contribution in [0.5, 0.6) is 11.5 Å². The molecule has 0 saturated carbocycles. The minimum Gasteiger partial charge on any atom is -0.478 e. The van der Waals surface area contributed by atoms with Gasteiger partial charge in [-0.05, 0) is 36.8 Å². The molecule has 4 nitrogen and oxygen atoms in total. The second-order valence-electron chi connectivity index (χ2n) is 3.73. The molecule has 0 aliphatic heterocycles. The molecule has 2 rings (SSSR count). The predicted octanol–water partition coefficient (Wildman–Crippen LogP) is 3.53. The van der Waals surface area contributed by atoms with Crippen LogP contribution in [0.3, 0.4) is 0 Å². The third-order valence-corrected chi connectivity index (χ3v) is 2.56. The van der Waals surface area contributed by atoms with Gasteiger partial charge in [-0.15, -0.1) is 0 Å². The van der Waals surface area contributed by atoms with E-state index in [1.807, 2.05) is 6.92 Å². The number of benzene rings is 1. The fourth-order valence-electron chi connectivity index (χ4n) is 1.45. The summed E-state index contributed by atoms with van der Waals surface area (Å²) >= 11 is 5.84. The quantitative estimate of drug-likeness (QED) is 0.920. The standard InChI is InChI=1S/C13H10ClNO3/c1-8-4-10(14)2-3-12(8)18-11-5-9(13(16)17)6-15-7-11/h2-7H,1H3,(H,16,17). The van der Waals surface area contributed by atoms with Crippen molar-refractivity contribution < 1.29 is 14.6 Å². The van der Waals surface area contributed by atoms with E-state index in [1.165, 1.54) is 18.5 Å². The first kappa shape index (κ1) is 12.4. The fourth-order valence-corrected chi connectivity index (χ4v) is 1.67. The van der Waals surface area contributed by atoms with Gasteiger partial charge in [0.15, 0.2) is 0 Å². The van der Waals surface area contributed by atoms with E-state index >= 15 is 0 Å². The van der Waals surface area contributed by atoms with Crippen LogP contribution in [0.15, 0.2) is 36.7 Å². The molecule has 1 heterocycles. The number of aryl methyl sites for hydroxylation is 1. The van der Waals surface area contributed by atoms with E-state index in [9.17, 15) is 4.79 Å². The fraction of sp³-hybridized carbons (Fsp3) is 0.0769. The zero-order valence-corrected chi connectivity index (χ0v) is 10.3. The van der Waals surface area contributed by atoms with E-state index < -0.39 is 5.97 Å². The molecule has 0 amide bonds. The highest BCUT2D eigenvalue weighted by atomic mass is 35.5. The molecule has 0 bridgehead atoms. The van der Waals surface area contributed by atoms with Gasteiger partial charge in [-0.1, -0.05) is 11.6 Å². The summed E-state index contributed by atoms with van der Waals surface area (Å²) in [6.45, 7) is 1.86. The number of carboxylic acids is 1. The molecule has 92 valence electrons. The van der Waals surface area contributed by atoms with E-state index in [0.717, 1.165) is 5.56 Å². The number of carbonyl (C=O) groups is 1. The Labute approximate surface area is 109 Å². The molecule has 1 N–H and O–H groups in total. The van der Waals surface area contributed by atoms with E-state index in [0.29, 0.717) is 16.5 Å². The van der Waals surface area contributed by atoms with Crippen LogP contribution < -0.4 is 4.74 Å². The summed E-state index contributed by atoms with van der Waals surface area (Å²) in [5, 5.41) is 9.48. The Morgan fingerprint density at radius 1 is 1.33 bits per heavy atom. The van der Waals surface area contributed by atoms with Crippen molar-refractivity contribution in [2.75, 3.05) is 0 Å². The topological polar surface area (TPSA) is 59.4 Å². The summed E-state index contributed by atoms with van der Waals surface area (Å²) in [5.74, 6) is -0.0511. The normalized spacial score (nSPS) is 10.1. The van der Waals surface area contributed by atoms with Gasteiger partial charge >= 0.3 is 5.97 Å². The minimum absolute atomic E-state index is 0.0825. The van der Waals surface area contributed by atoms with Gasteiger partial charge in [0.25, 0.3) is 0 Å². The maximum Gasteiger partial charge on any atom is 0.337 e. The lowest BCUT2D eigenvalue weighted by Gasteiger charge is -2.08. The summed E-state index contributed by atoms with van der Waals surface area (Å²) in [7, 11) is 0. The molecule has 2 aromatic rings. The molecule has 0 fully saturated rings. The lowest BCUT2D eigenvalue weighted by atomic mass is 10.2.